The topological polar surface area (TPSA) is 111 Å². The number of carboxylic acids is 1. The smallest absolute Gasteiger partial charge is 0.456 e. The molecule has 7 nitrogen and oxygen atoms in total. The zero-order valence-corrected chi connectivity index (χ0v) is 10.8. The maximum Gasteiger partial charge on any atom is 0.456 e. The lowest BCUT2D eigenvalue weighted by molar-refractivity contribution is -0.255. The predicted octanol–water partition coefficient (Wildman–Crippen LogP) is -0.829. The number of carbonyl (C=O) groups is 1. The Bertz CT molecular complexity index is 614. The van der Waals surface area contributed by atoms with Crippen LogP contribution in [0.1, 0.15) is 17.3 Å². The summed E-state index contributed by atoms with van der Waals surface area (Å²) in [6.07, 6.45) is 1.62. The van der Waals surface area contributed by atoms with E-state index in [0.717, 1.165) is 0 Å². The maximum atomic E-state index is 10.8. The Morgan fingerprint density at radius 1 is 1.50 bits per heavy atom. The fourth-order valence-electron chi connectivity index (χ4n) is 1.71. The van der Waals surface area contributed by atoms with Crippen molar-refractivity contribution in [3.63, 3.8) is 0 Å². The molecule has 0 bridgehead atoms. The molecule has 0 radical (unpaired) electrons. The molecule has 2 rings (SSSR count). The van der Waals surface area contributed by atoms with E-state index < -0.39 is 13.1 Å². The lowest BCUT2D eigenvalue weighted by Crippen LogP contribution is -2.22. The van der Waals surface area contributed by atoms with Crippen LogP contribution in [0.25, 0.3) is 11.3 Å². The monoisotopic (exact) mass is 274 g/mol. The highest BCUT2D eigenvalue weighted by atomic mass is 16.4. The molecular weight excluding hydrogens is 261 g/mol. The normalized spacial score (nSPS) is 12.2. The van der Waals surface area contributed by atoms with E-state index in [0.29, 0.717) is 17.8 Å². The largest absolute Gasteiger partial charge is 0.545 e. The van der Waals surface area contributed by atoms with Gasteiger partial charge in [-0.05, 0) is 11.6 Å². The summed E-state index contributed by atoms with van der Waals surface area (Å²) in [5.74, 6) is -1.64. The molecule has 8 heteroatoms. The molecule has 0 spiro atoms. The first kappa shape index (κ1) is 14.2. The molecule has 1 heterocycles. The fraction of sp³-hybridized carbons (Fsp3) is 0.250. The van der Waals surface area contributed by atoms with Gasteiger partial charge >= 0.3 is 7.12 Å². The van der Waals surface area contributed by atoms with Gasteiger partial charge in [0.1, 0.15) is 5.69 Å². The van der Waals surface area contributed by atoms with E-state index in [1.54, 1.807) is 25.3 Å². The fourth-order valence-corrected chi connectivity index (χ4v) is 1.71. The summed E-state index contributed by atoms with van der Waals surface area (Å²) in [5.41, 5.74) is 1.18. The van der Waals surface area contributed by atoms with Crippen molar-refractivity contribution in [2.75, 3.05) is 0 Å². The predicted molar refractivity (Wildman–Crippen MR) is 69.4 cm³/mol. The second kappa shape index (κ2) is 5.85. The number of rotatable bonds is 5. The Morgan fingerprint density at radius 2 is 2.25 bits per heavy atom. The van der Waals surface area contributed by atoms with Crippen molar-refractivity contribution >= 4 is 13.1 Å². The quantitative estimate of drug-likeness (QED) is 0.688. The van der Waals surface area contributed by atoms with Crippen LogP contribution in [0.5, 0.6) is 0 Å². The van der Waals surface area contributed by atoms with Crippen molar-refractivity contribution in [3.05, 3.63) is 36.0 Å². The van der Waals surface area contributed by atoms with Crippen LogP contribution in [0.3, 0.4) is 0 Å². The third-order valence-corrected chi connectivity index (χ3v) is 2.92. The first-order chi connectivity index (χ1) is 9.47. The van der Waals surface area contributed by atoms with Crippen LogP contribution in [0.2, 0.25) is 5.82 Å². The Kier molecular flexibility index (Phi) is 4.16. The molecule has 2 N–H and O–H groups in total. The zero-order valence-electron chi connectivity index (χ0n) is 10.8. The summed E-state index contributed by atoms with van der Waals surface area (Å²) in [6.45, 7) is 1.97. The molecule has 104 valence electrons. The van der Waals surface area contributed by atoms with Crippen LogP contribution < -0.4 is 5.11 Å². The van der Waals surface area contributed by atoms with Gasteiger partial charge in [0.2, 0.25) is 0 Å². The number of hydrogen-bond donors (Lipinski definition) is 2. The average Bonchev–Trinajstić information content (AvgIpc) is 2.87. The number of nitrogens with zero attached hydrogens (tertiary/aromatic N) is 3. The molecule has 0 unspecified atom stereocenters. The molecule has 0 aliphatic carbocycles. The molecule has 20 heavy (non-hydrogen) atoms. The summed E-state index contributed by atoms with van der Waals surface area (Å²) in [4.78, 5) is 10.8. The number of carboxylic acid groups (broad SMARTS) is 1. The lowest BCUT2D eigenvalue weighted by atomic mass is 9.74. The SMILES string of the molecule is C[C@@H](Cn1cc(-c2cccc(C(=O)[O-])c2)nn1)B(O)O. The maximum absolute atomic E-state index is 10.8. The van der Waals surface area contributed by atoms with E-state index >= 15 is 0 Å². The van der Waals surface area contributed by atoms with Crippen LogP contribution >= 0.6 is 0 Å². The van der Waals surface area contributed by atoms with Crippen molar-refractivity contribution in [1.29, 1.82) is 0 Å². The van der Waals surface area contributed by atoms with Gasteiger partial charge < -0.3 is 19.9 Å². The van der Waals surface area contributed by atoms with Gasteiger partial charge in [0.05, 0.1) is 12.2 Å². The third-order valence-electron chi connectivity index (χ3n) is 2.92. The highest BCUT2D eigenvalue weighted by Crippen LogP contribution is 2.18. The van der Waals surface area contributed by atoms with Gasteiger partial charge in [-0.1, -0.05) is 30.3 Å². The molecule has 1 aromatic carbocycles. The average molecular weight is 274 g/mol. The number of carbonyl (C=O) groups excluding carboxylic acids is 1. The zero-order chi connectivity index (χ0) is 14.7. The van der Waals surface area contributed by atoms with Gasteiger partial charge in [-0.15, -0.1) is 5.10 Å². The molecule has 0 fully saturated rings. The Morgan fingerprint density at radius 3 is 2.90 bits per heavy atom. The molecule has 0 aliphatic heterocycles. The summed E-state index contributed by atoms with van der Waals surface area (Å²) in [5, 5.41) is 36.7. The van der Waals surface area contributed by atoms with Crippen LogP contribution in [0.15, 0.2) is 30.5 Å². The van der Waals surface area contributed by atoms with Crippen LogP contribution in [0.4, 0.5) is 0 Å². The molecule has 0 saturated carbocycles. The Hall–Kier alpha value is -2.19. The first-order valence-electron chi connectivity index (χ1n) is 6.05. The minimum Gasteiger partial charge on any atom is -0.545 e. The highest BCUT2D eigenvalue weighted by molar-refractivity contribution is 6.42. The van der Waals surface area contributed by atoms with Gasteiger partial charge in [-0.25, -0.2) is 0 Å². The van der Waals surface area contributed by atoms with E-state index in [2.05, 4.69) is 10.3 Å². The summed E-state index contributed by atoms with van der Waals surface area (Å²) in [7, 11) is -1.43. The highest BCUT2D eigenvalue weighted by Gasteiger charge is 2.19. The van der Waals surface area contributed by atoms with Crippen LogP contribution in [-0.2, 0) is 6.54 Å². The van der Waals surface area contributed by atoms with Crippen molar-refractivity contribution in [2.24, 2.45) is 0 Å². The van der Waals surface area contributed by atoms with E-state index in [1.807, 2.05) is 0 Å². The van der Waals surface area contributed by atoms with E-state index in [-0.39, 0.29) is 11.4 Å². The van der Waals surface area contributed by atoms with Gasteiger partial charge in [0.15, 0.2) is 0 Å². The van der Waals surface area contributed by atoms with E-state index in [9.17, 15) is 9.90 Å². The molecule has 0 aliphatic rings. The van der Waals surface area contributed by atoms with Gasteiger partial charge in [-0.2, -0.15) is 0 Å². The van der Waals surface area contributed by atoms with Crippen molar-refractivity contribution in [2.45, 2.75) is 19.3 Å². The first-order valence-corrected chi connectivity index (χ1v) is 6.05. The van der Waals surface area contributed by atoms with Crippen molar-refractivity contribution in [1.82, 2.24) is 15.0 Å². The Labute approximate surface area is 115 Å². The molecule has 0 amide bonds. The summed E-state index contributed by atoms with van der Waals surface area (Å²) >= 11 is 0. The molecule has 0 saturated heterocycles. The second-order valence-corrected chi connectivity index (χ2v) is 4.58. The molecule has 1 aromatic heterocycles. The summed E-state index contributed by atoms with van der Waals surface area (Å²) < 4.78 is 1.48. The lowest BCUT2D eigenvalue weighted by Gasteiger charge is -2.08. The number of benzene rings is 1. The second-order valence-electron chi connectivity index (χ2n) is 4.58. The third kappa shape index (κ3) is 3.22. The van der Waals surface area contributed by atoms with Gasteiger partial charge in [-0.3, -0.25) is 4.68 Å². The van der Waals surface area contributed by atoms with E-state index in [1.165, 1.54) is 16.8 Å². The number of hydrogen-bond acceptors (Lipinski definition) is 6. The van der Waals surface area contributed by atoms with Gasteiger partial charge in [0.25, 0.3) is 0 Å². The molecular formula is C12H13BN3O4-. The van der Waals surface area contributed by atoms with E-state index in [4.69, 9.17) is 10.0 Å². The number of aromatic carboxylic acids is 1. The van der Waals surface area contributed by atoms with Gasteiger partial charge in [0, 0.05) is 17.9 Å². The van der Waals surface area contributed by atoms with Crippen LogP contribution in [-0.4, -0.2) is 38.1 Å². The minimum absolute atomic E-state index is 0.0659. The summed E-state index contributed by atoms with van der Waals surface area (Å²) in [6, 6.07) is 6.20. The molecule has 1 atom stereocenters. The number of aromatic nitrogens is 3. The van der Waals surface area contributed by atoms with Crippen molar-refractivity contribution in [3.8, 4) is 11.3 Å². The Balaban J connectivity index is 2.20. The van der Waals surface area contributed by atoms with Crippen LogP contribution in [0, 0.1) is 0 Å². The standard InChI is InChI=1S/C12H14BN3O4/c1-8(13(19)20)6-16-7-11(14-15-16)9-3-2-4-10(5-9)12(17)18/h2-5,7-8,19-20H,6H2,1H3,(H,17,18)/p-1/t8-/m0/s1. The van der Waals surface area contributed by atoms with Crippen molar-refractivity contribution < 1.29 is 19.9 Å². The minimum atomic E-state index is -1.43. The molecule has 2 aromatic rings.